The summed E-state index contributed by atoms with van der Waals surface area (Å²) in [6.07, 6.45) is 0.481. The molecule has 6 aromatic rings. The average Bonchev–Trinajstić information content (AvgIpc) is 1.61. The van der Waals surface area contributed by atoms with Crippen molar-refractivity contribution in [2.75, 3.05) is 69.9 Å². The van der Waals surface area contributed by atoms with Crippen molar-refractivity contribution in [2.45, 2.75) is 87.0 Å². The van der Waals surface area contributed by atoms with Crippen molar-refractivity contribution in [1.82, 2.24) is 14.7 Å². The Morgan fingerprint density at radius 2 is 0.596 bits per heavy atom. The van der Waals surface area contributed by atoms with Crippen LogP contribution in [-0.2, 0) is 62.3 Å². The van der Waals surface area contributed by atoms with Gasteiger partial charge in [-0.05, 0) is 114 Å². The minimum atomic E-state index is -0.955. The second-order valence-electron chi connectivity index (χ2n) is 25.4. The van der Waals surface area contributed by atoms with E-state index in [1.54, 1.807) is 72.8 Å². The minimum Gasteiger partial charge on any atom is -0.481 e. The predicted molar refractivity (Wildman–Crippen MR) is 430 cm³/mol. The molecule has 6 aromatic carbocycles. The Kier molecular flexibility index (Phi) is 27.3. The van der Waals surface area contributed by atoms with Gasteiger partial charge in [-0.1, -0.05) is 180 Å². The van der Waals surface area contributed by atoms with Crippen molar-refractivity contribution in [2.24, 2.45) is 0 Å². The summed E-state index contributed by atoms with van der Waals surface area (Å²) in [5, 5.41) is 42.6. The maximum atomic E-state index is 13.5. The van der Waals surface area contributed by atoms with Crippen LogP contribution in [0.3, 0.4) is 0 Å². The number of hydrogen-bond acceptors (Lipinski definition) is 19. The first-order valence-electron chi connectivity index (χ1n) is 33.8. The first-order chi connectivity index (χ1) is 51.7. The number of carbonyl (C=O) groups excluding carboxylic acids is 9. The first kappa shape index (κ1) is 82.0. The second kappa shape index (κ2) is 36.2. The van der Waals surface area contributed by atoms with Gasteiger partial charge in [0, 0.05) is 79.6 Å². The van der Waals surface area contributed by atoms with Crippen molar-refractivity contribution in [3.05, 3.63) is 192 Å². The fourth-order valence-corrected chi connectivity index (χ4v) is 16.4. The molecule has 0 spiro atoms. The number of nitrogens with zero attached hydrogens (tertiary/aromatic N) is 6. The molecule has 0 aliphatic carbocycles. The lowest BCUT2D eigenvalue weighted by atomic mass is 10.1. The molecular weight excluding hydrogens is 1520 g/mol. The summed E-state index contributed by atoms with van der Waals surface area (Å²) in [6, 6.07) is 38.0. The van der Waals surface area contributed by atoms with Gasteiger partial charge in [-0.2, -0.15) is 0 Å². The zero-order valence-corrected chi connectivity index (χ0v) is 64.7. The van der Waals surface area contributed by atoms with E-state index in [-0.39, 0.29) is 140 Å². The number of thiocarbonyl (C=S) groups is 3. The number of hydrogen-bond donors (Lipinski definition) is 7. The van der Waals surface area contributed by atoms with E-state index >= 15 is 0 Å². The highest BCUT2D eigenvalue weighted by Gasteiger charge is 2.46. The average molecular weight is 1590 g/mol. The molecule has 0 bridgehead atoms. The largest absolute Gasteiger partial charge is 0.481 e. The molecule has 12 rings (SSSR count). The minimum absolute atomic E-state index is 0.0892. The summed E-state index contributed by atoms with van der Waals surface area (Å²) in [6.45, 7) is 12.5. The molecule has 0 atom stereocenters. The number of aryl methyl sites for hydroxylation is 6. The molecule has 3 saturated heterocycles. The number of carbonyl (C=O) groups is 13. The Morgan fingerprint density at radius 1 is 0.358 bits per heavy atom. The number of carboxylic acid groups (broad SMARTS) is 4. The molecule has 6 aliphatic heterocycles. The maximum absolute atomic E-state index is 13.5. The number of rotatable bonds is 21. The molecule has 3 fully saturated rings. The molecule has 7 N–H and O–H groups in total. The molecule has 0 unspecified atom stereocenters. The number of fused-ring (bicyclic) bond motifs is 3. The van der Waals surface area contributed by atoms with E-state index in [0.717, 1.165) is 75.6 Å². The lowest BCUT2D eigenvalue weighted by Gasteiger charge is -2.17. The molecule has 6 heterocycles. The van der Waals surface area contributed by atoms with Crippen LogP contribution in [-0.4, -0.2) is 164 Å². The van der Waals surface area contributed by atoms with E-state index in [2.05, 4.69) is 16.0 Å². The molecule has 6 aliphatic rings. The molecule has 0 radical (unpaired) electrons. The summed E-state index contributed by atoms with van der Waals surface area (Å²) in [7, 11) is 0. The SMILES string of the molecule is CC(=O)O.Cc1ccc(NC(=O)CN2C(=O)/C(=C3\SC(=S)N(CCCC(=O)O)C3=O)c3ccccc32)c(C)c1.Cc1ccc(NC(=O)CN2C(=O)/C(=C3\SC(=S)N(CCCC(=O)O)C3=O)c3ccccc32)c(C)c1.Cc1ccc(NC(=O)CN2C(=O)/C(=C3\SC(=S)N(CCCC(=O)O)C3=O)c3ccccc32)c(C)c1. The van der Waals surface area contributed by atoms with Crippen LogP contribution >= 0.6 is 71.9 Å². The van der Waals surface area contributed by atoms with E-state index in [9.17, 15) is 57.5 Å². The summed E-state index contributed by atoms with van der Waals surface area (Å²) in [5.41, 5.74) is 11.9. The zero-order chi connectivity index (χ0) is 79.4. The van der Waals surface area contributed by atoms with Gasteiger partial charge in [-0.15, -0.1) is 0 Å². The Morgan fingerprint density at radius 3 is 0.826 bits per heavy atom. The fourth-order valence-electron chi connectivity index (χ4n) is 12.2. The van der Waals surface area contributed by atoms with E-state index in [4.69, 9.17) is 61.9 Å². The third-order valence-corrected chi connectivity index (χ3v) is 21.5. The van der Waals surface area contributed by atoms with Crippen LogP contribution in [0.25, 0.3) is 16.7 Å². The molecular formula is C77H73N9O17S6. The Bertz CT molecular complexity index is 4500. The highest BCUT2D eigenvalue weighted by Crippen LogP contribution is 2.48. The van der Waals surface area contributed by atoms with Gasteiger partial charge in [0.2, 0.25) is 17.7 Å². The van der Waals surface area contributed by atoms with Gasteiger partial charge in [0.25, 0.3) is 41.4 Å². The van der Waals surface area contributed by atoms with Crippen molar-refractivity contribution >= 4 is 213 Å². The molecule has 564 valence electrons. The van der Waals surface area contributed by atoms with E-state index in [1.807, 2.05) is 96.1 Å². The highest BCUT2D eigenvalue weighted by atomic mass is 32.2. The zero-order valence-electron chi connectivity index (χ0n) is 59.8. The highest BCUT2D eigenvalue weighted by molar-refractivity contribution is 8.27. The third kappa shape index (κ3) is 19.7. The number of carboxylic acids is 4. The second-order valence-corrected chi connectivity index (χ2v) is 30.4. The number of amides is 9. The van der Waals surface area contributed by atoms with Crippen LogP contribution in [0.4, 0.5) is 34.1 Å². The molecule has 0 saturated carbocycles. The van der Waals surface area contributed by atoms with E-state index in [0.29, 0.717) is 50.8 Å². The Balaban J connectivity index is 0.000000184. The van der Waals surface area contributed by atoms with Crippen LogP contribution in [0.1, 0.15) is 95.5 Å². The normalized spacial score (nSPS) is 16.9. The van der Waals surface area contributed by atoms with Gasteiger partial charge in [-0.3, -0.25) is 91.7 Å². The summed E-state index contributed by atoms with van der Waals surface area (Å²) >= 11 is 19.1. The van der Waals surface area contributed by atoms with Crippen molar-refractivity contribution in [3.8, 4) is 0 Å². The number of para-hydroxylation sites is 3. The van der Waals surface area contributed by atoms with Crippen molar-refractivity contribution in [1.29, 1.82) is 0 Å². The van der Waals surface area contributed by atoms with Gasteiger partial charge in [0.1, 0.15) is 32.6 Å². The maximum Gasteiger partial charge on any atom is 0.303 e. The predicted octanol–water partition coefficient (Wildman–Crippen LogP) is 11.3. The van der Waals surface area contributed by atoms with Gasteiger partial charge in [0.15, 0.2) is 0 Å². The molecule has 109 heavy (non-hydrogen) atoms. The van der Waals surface area contributed by atoms with Crippen LogP contribution < -0.4 is 30.7 Å². The molecule has 9 amide bonds. The summed E-state index contributed by atoms with van der Waals surface area (Å²) < 4.78 is 0.831. The Labute approximate surface area is 655 Å². The van der Waals surface area contributed by atoms with Gasteiger partial charge < -0.3 is 36.4 Å². The fraction of sp³-hybridized carbons (Fsp3) is 0.247. The number of nitrogens with one attached hydrogen (secondary N) is 3. The lowest BCUT2D eigenvalue weighted by Crippen LogP contribution is -2.35. The van der Waals surface area contributed by atoms with E-state index in [1.165, 1.54) is 29.4 Å². The molecule has 32 heteroatoms. The van der Waals surface area contributed by atoms with Gasteiger partial charge >= 0.3 is 17.9 Å². The van der Waals surface area contributed by atoms with Crippen molar-refractivity contribution < 1.29 is 82.8 Å². The number of aliphatic carboxylic acids is 4. The van der Waals surface area contributed by atoms with Crippen LogP contribution in [0.15, 0.2) is 142 Å². The monoisotopic (exact) mass is 1590 g/mol. The quantitative estimate of drug-likeness (QED) is 0.0260. The summed E-state index contributed by atoms with van der Waals surface area (Å²) in [5.74, 6) is -7.41. The van der Waals surface area contributed by atoms with Gasteiger partial charge in [0.05, 0.1) is 48.5 Å². The van der Waals surface area contributed by atoms with E-state index < -0.39 is 59.3 Å². The topological polar surface area (TPSA) is 358 Å². The standard InChI is InChI=1S/3C25H23N3O5S2.C2H4O2/c3*1-14-9-10-17(15(2)12-14)26-19(29)13-28-18-7-4-3-6-16(18)21(23(28)32)22-24(33)27(25(34)35-22)11-5-8-20(30)31;1-2(3)4/h3*3-4,6-7,9-10,12H,5,8,11,13H2,1-2H3,(H,26,29)(H,30,31);1H3,(H,3,4)/b3*22-21-;. The summed E-state index contributed by atoms with van der Waals surface area (Å²) in [4.78, 5) is 169. The third-order valence-electron chi connectivity index (χ3n) is 17.2. The first-order valence-corrected chi connectivity index (χ1v) is 37.5. The number of benzene rings is 6. The van der Waals surface area contributed by atoms with Gasteiger partial charge in [-0.25, -0.2) is 0 Å². The molecule has 26 nitrogen and oxygen atoms in total. The lowest BCUT2D eigenvalue weighted by molar-refractivity contribution is -0.138. The van der Waals surface area contributed by atoms with Crippen LogP contribution in [0, 0.1) is 41.5 Å². The van der Waals surface area contributed by atoms with Crippen LogP contribution in [0.5, 0.6) is 0 Å². The number of thioether (sulfide) groups is 3. The molecule has 0 aromatic heterocycles. The number of anilines is 6. The Hall–Kier alpha value is -11.0. The van der Waals surface area contributed by atoms with Crippen molar-refractivity contribution in [3.63, 3.8) is 0 Å². The smallest absolute Gasteiger partial charge is 0.303 e. The van der Waals surface area contributed by atoms with Crippen LogP contribution in [0.2, 0.25) is 0 Å².